The standard InChI is InChI=1S/C23H25N3O2/c1-14(2)20-19-21(16-11-9-15(3)10-12-16)24-23(27)22(19)26(25-20)13-17-7-5-6-8-18(17)28-4/h5-12,14,21H,13H2,1-4H3,(H,24,27). The van der Waals surface area contributed by atoms with E-state index in [4.69, 9.17) is 9.84 Å². The number of fused-ring (bicyclic) bond motifs is 1. The zero-order valence-corrected chi connectivity index (χ0v) is 16.7. The number of para-hydroxylation sites is 1. The van der Waals surface area contributed by atoms with Crippen LogP contribution in [0.15, 0.2) is 48.5 Å². The van der Waals surface area contributed by atoms with Gasteiger partial charge in [0, 0.05) is 11.1 Å². The summed E-state index contributed by atoms with van der Waals surface area (Å²) < 4.78 is 7.30. The minimum absolute atomic E-state index is 0.0742. The fraction of sp³-hybridized carbons (Fsp3) is 0.304. The van der Waals surface area contributed by atoms with Gasteiger partial charge in [0.05, 0.1) is 25.4 Å². The molecule has 2 heterocycles. The first-order chi connectivity index (χ1) is 13.5. The van der Waals surface area contributed by atoms with Crippen molar-refractivity contribution in [2.24, 2.45) is 0 Å². The van der Waals surface area contributed by atoms with Crippen LogP contribution in [-0.2, 0) is 6.54 Å². The predicted octanol–water partition coefficient (Wildman–Crippen LogP) is 4.20. The van der Waals surface area contributed by atoms with E-state index in [2.05, 4.69) is 50.4 Å². The molecule has 0 spiro atoms. The van der Waals surface area contributed by atoms with E-state index in [1.165, 1.54) is 5.56 Å². The molecule has 1 N–H and O–H groups in total. The van der Waals surface area contributed by atoms with Gasteiger partial charge in [-0.15, -0.1) is 0 Å². The predicted molar refractivity (Wildman–Crippen MR) is 109 cm³/mol. The van der Waals surface area contributed by atoms with Gasteiger partial charge >= 0.3 is 0 Å². The second-order valence-electron chi connectivity index (χ2n) is 7.59. The molecule has 144 valence electrons. The van der Waals surface area contributed by atoms with Crippen LogP contribution in [0.1, 0.15) is 64.2 Å². The van der Waals surface area contributed by atoms with E-state index in [1.807, 2.05) is 28.9 Å². The summed E-state index contributed by atoms with van der Waals surface area (Å²) in [5.74, 6) is 0.939. The van der Waals surface area contributed by atoms with Gasteiger partial charge in [0.1, 0.15) is 11.4 Å². The Hall–Kier alpha value is -3.08. The topological polar surface area (TPSA) is 56.2 Å². The molecule has 1 unspecified atom stereocenters. The second-order valence-corrected chi connectivity index (χ2v) is 7.59. The van der Waals surface area contributed by atoms with E-state index < -0.39 is 0 Å². The highest BCUT2D eigenvalue weighted by Crippen LogP contribution is 2.37. The van der Waals surface area contributed by atoms with Crippen LogP contribution in [-0.4, -0.2) is 22.8 Å². The van der Waals surface area contributed by atoms with Crippen molar-refractivity contribution in [3.05, 3.63) is 82.2 Å². The quantitative estimate of drug-likeness (QED) is 0.727. The molecular formula is C23H25N3O2. The number of hydrogen-bond acceptors (Lipinski definition) is 3. The maximum absolute atomic E-state index is 12.9. The minimum atomic E-state index is -0.160. The molecule has 0 radical (unpaired) electrons. The Morgan fingerprint density at radius 2 is 1.86 bits per heavy atom. The molecular weight excluding hydrogens is 350 g/mol. The first kappa shape index (κ1) is 18.3. The Kier molecular flexibility index (Phi) is 4.67. The van der Waals surface area contributed by atoms with Gasteiger partial charge in [-0.2, -0.15) is 5.10 Å². The second kappa shape index (κ2) is 7.15. The smallest absolute Gasteiger partial charge is 0.270 e. The van der Waals surface area contributed by atoms with Crippen molar-refractivity contribution in [3.63, 3.8) is 0 Å². The summed E-state index contributed by atoms with van der Waals surface area (Å²) in [5.41, 5.74) is 5.89. The SMILES string of the molecule is COc1ccccc1Cn1nc(C(C)C)c2c1C(=O)NC2c1ccc(C)cc1. The van der Waals surface area contributed by atoms with E-state index in [0.29, 0.717) is 12.2 Å². The van der Waals surface area contributed by atoms with Crippen LogP contribution in [0.2, 0.25) is 0 Å². The van der Waals surface area contributed by atoms with Crippen LogP contribution in [0.25, 0.3) is 0 Å². The van der Waals surface area contributed by atoms with Crippen molar-refractivity contribution < 1.29 is 9.53 Å². The molecule has 5 nitrogen and oxygen atoms in total. The van der Waals surface area contributed by atoms with Gasteiger partial charge in [-0.05, 0) is 24.5 Å². The number of ether oxygens (including phenoxy) is 1. The number of nitrogens with zero attached hydrogens (tertiary/aromatic N) is 2. The Labute approximate surface area is 165 Å². The number of carbonyl (C=O) groups is 1. The van der Waals surface area contributed by atoms with E-state index >= 15 is 0 Å². The molecule has 0 aliphatic carbocycles. The number of benzene rings is 2. The van der Waals surface area contributed by atoms with Crippen molar-refractivity contribution >= 4 is 5.91 Å². The summed E-state index contributed by atoms with van der Waals surface area (Å²) in [5, 5.41) is 8.00. The number of methoxy groups -OCH3 is 1. The van der Waals surface area contributed by atoms with Gasteiger partial charge in [0.15, 0.2) is 0 Å². The Morgan fingerprint density at radius 1 is 1.14 bits per heavy atom. The maximum atomic E-state index is 12.9. The molecule has 5 heteroatoms. The molecule has 1 aliphatic heterocycles. The molecule has 2 aromatic carbocycles. The third-order valence-corrected chi connectivity index (χ3v) is 5.27. The van der Waals surface area contributed by atoms with Gasteiger partial charge in [-0.3, -0.25) is 9.48 Å². The summed E-state index contributed by atoms with van der Waals surface area (Å²) >= 11 is 0. The van der Waals surface area contributed by atoms with Crippen LogP contribution in [0.5, 0.6) is 5.75 Å². The first-order valence-corrected chi connectivity index (χ1v) is 9.59. The van der Waals surface area contributed by atoms with Gasteiger partial charge in [-0.25, -0.2) is 0 Å². The molecule has 1 amide bonds. The summed E-state index contributed by atoms with van der Waals surface area (Å²) in [6.45, 7) is 6.79. The van der Waals surface area contributed by atoms with Crippen LogP contribution >= 0.6 is 0 Å². The van der Waals surface area contributed by atoms with Crippen molar-refractivity contribution in [2.45, 2.75) is 39.3 Å². The molecule has 28 heavy (non-hydrogen) atoms. The molecule has 1 aromatic heterocycles. The van der Waals surface area contributed by atoms with Crippen LogP contribution in [0.3, 0.4) is 0 Å². The number of amides is 1. The lowest BCUT2D eigenvalue weighted by molar-refractivity contribution is 0.0950. The lowest BCUT2D eigenvalue weighted by atomic mass is 9.95. The Bertz CT molecular complexity index is 1020. The highest BCUT2D eigenvalue weighted by atomic mass is 16.5. The third kappa shape index (κ3) is 3.07. The van der Waals surface area contributed by atoms with E-state index in [1.54, 1.807) is 7.11 Å². The van der Waals surface area contributed by atoms with E-state index in [-0.39, 0.29) is 17.9 Å². The van der Waals surface area contributed by atoms with Gasteiger partial charge in [0.2, 0.25) is 0 Å². The zero-order valence-electron chi connectivity index (χ0n) is 16.7. The zero-order chi connectivity index (χ0) is 19.8. The van der Waals surface area contributed by atoms with E-state index in [0.717, 1.165) is 28.1 Å². The highest BCUT2D eigenvalue weighted by Gasteiger charge is 2.38. The average molecular weight is 375 g/mol. The molecule has 0 bridgehead atoms. The molecule has 0 saturated heterocycles. The number of rotatable bonds is 5. The Morgan fingerprint density at radius 3 is 2.54 bits per heavy atom. The summed E-state index contributed by atoms with van der Waals surface area (Å²) in [6.07, 6.45) is 0. The van der Waals surface area contributed by atoms with Crippen LogP contribution in [0.4, 0.5) is 0 Å². The van der Waals surface area contributed by atoms with Crippen LogP contribution in [0, 0.1) is 6.92 Å². The highest BCUT2D eigenvalue weighted by molar-refractivity contribution is 5.98. The number of carbonyl (C=O) groups excluding carboxylic acids is 1. The number of aryl methyl sites for hydroxylation is 1. The molecule has 1 atom stereocenters. The first-order valence-electron chi connectivity index (χ1n) is 9.59. The maximum Gasteiger partial charge on any atom is 0.270 e. The Balaban J connectivity index is 1.81. The van der Waals surface area contributed by atoms with Crippen molar-refractivity contribution in [1.29, 1.82) is 0 Å². The molecule has 0 fully saturated rings. The van der Waals surface area contributed by atoms with Crippen molar-refractivity contribution in [3.8, 4) is 5.75 Å². The number of aromatic nitrogens is 2. The van der Waals surface area contributed by atoms with Crippen LogP contribution < -0.4 is 10.1 Å². The van der Waals surface area contributed by atoms with Gasteiger partial charge < -0.3 is 10.1 Å². The molecule has 1 aliphatic rings. The van der Waals surface area contributed by atoms with E-state index in [9.17, 15) is 4.79 Å². The third-order valence-electron chi connectivity index (χ3n) is 5.27. The fourth-order valence-electron chi connectivity index (χ4n) is 3.83. The molecule has 3 aromatic rings. The minimum Gasteiger partial charge on any atom is -0.496 e. The average Bonchev–Trinajstić information content (AvgIpc) is 3.22. The normalized spacial score (nSPS) is 15.6. The summed E-state index contributed by atoms with van der Waals surface area (Å²) in [7, 11) is 1.66. The largest absolute Gasteiger partial charge is 0.496 e. The lowest BCUT2D eigenvalue weighted by Gasteiger charge is -2.15. The molecule has 0 saturated carbocycles. The molecule has 4 rings (SSSR count). The summed E-state index contributed by atoms with van der Waals surface area (Å²) in [4.78, 5) is 12.9. The number of nitrogens with one attached hydrogen (secondary N) is 1. The van der Waals surface area contributed by atoms with Gasteiger partial charge in [0.25, 0.3) is 5.91 Å². The lowest BCUT2D eigenvalue weighted by Crippen LogP contribution is -2.23. The monoisotopic (exact) mass is 375 g/mol. The number of hydrogen-bond donors (Lipinski definition) is 1. The van der Waals surface area contributed by atoms with Gasteiger partial charge in [-0.1, -0.05) is 61.9 Å². The fourth-order valence-corrected chi connectivity index (χ4v) is 3.83. The van der Waals surface area contributed by atoms with Crippen molar-refractivity contribution in [2.75, 3.05) is 7.11 Å². The van der Waals surface area contributed by atoms with Crippen molar-refractivity contribution in [1.82, 2.24) is 15.1 Å². The summed E-state index contributed by atoms with van der Waals surface area (Å²) in [6, 6.07) is 16.0.